The molecule has 1 aromatic rings. The lowest BCUT2D eigenvalue weighted by atomic mass is 9.92. The first-order valence-electron chi connectivity index (χ1n) is 8.11. The number of thioether (sulfide) groups is 1. The Hall–Kier alpha value is -2.28. The van der Waals surface area contributed by atoms with E-state index < -0.39 is 17.6 Å². The molecule has 0 spiro atoms. The summed E-state index contributed by atoms with van der Waals surface area (Å²) in [6, 6.07) is 7.16. The van der Waals surface area contributed by atoms with Crippen molar-refractivity contribution < 1.29 is 19.5 Å². The predicted octanol–water partition coefficient (Wildman–Crippen LogP) is 2.03. The van der Waals surface area contributed by atoms with Crippen molar-refractivity contribution >= 4 is 35.6 Å². The van der Waals surface area contributed by atoms with Gasteiger partial charge >= 0.3 is 5.97 Å². The maximum absolute atomic E-state index is 12.6. The van der Waals surface area contributed by atoms with E-state index in [1.807, 2.05) is 30.3 Å². The highest BCUT2D eigenvalue weighted by Gasteiger charge is 2.43. The number of carboxylic acids is 1. The number of carbonyl (C=O) groups is 3. The monoisotopic (exact) mass is 360 g/mol. The Kier molecular flexibility index (Phi) is 4.85. The fourth-order valence-electron chi connectivity index (χ4n) is 3.29. The normalized spacial score (nSPS) is 24.7. The fourth-order valence-corrected chi connectivity index (χ4v) is 4.62. The molecule has 2 atom stereocenters. The Labute approximate surface area is 150 Å². The van der Waals surface area contributed by atoms with Gasteiger partial charge in [0, 0.05) is 18.9 Å². The molecule has 2 heterocycles. The SMILES string of the molecule is CC(=O)N1C=Cc2ccccc2C1CC(=O)NC1(C(=O)O)CCSC1. The summed E-state index contributed by atoms with van der Waals surface area (Å²) in [6.45, 7) is 1.45. The zero-order valence-corrected chi connectivity index (χ0v) is 14.7. The Balaban J connectivity index is 1.82. The van der Waals surface area contributed by atoms with Gasteiger partial charge in [0.2, 0.25) is 11.8 Å². The van der Waals surface area contributed by atoms with Gasteiger partial charge in [0.15, 0.2) is 0 Å². The first-order valence-corrected chi connectivity index (χ1v) is 9.26. The van der Waals surface area contributed by atoms with Crippen LogP contribution in [0.5, 0.6) is 0 Å². The average molecular weight is 360 g/mol. The van der Waals surface area contributed by atoms with Crippen LogP contribution in [0.25, 0.3) is 6.08 Å². The average Bonchev–Trinajstić information content (AvgIpc) is 3.04. The quantitative estimate of drug-likeness (QED) is 0.858. The second-order valence-electron chi connectivity index (χ2n) is 6.33. The van der Waals surface area contributed by atoms with Gasteiger partial charge in [0.1, 0.15) is 5.54 Å². The number of fused-ring (bicyclic) bond motifs is 1. The third kappa shape index (κ3) is 3.42. The van der Waals surface area contributed by atoms with Crippen molar-refractivity contribution in [3.8, 4) is 0 Å². The van der Waals surface area contributed by atoms with Crippen LogP contribution in [0.3, 0.4) is 0 Å². The number of carboxylic acid groups (broad SMARTS) is 1. The summed E-state index contributed by atoms with van der Waals surface area (Å²) in [5, 5.41) is 12.2. The van der Waals surface area contributed by atoms with Gasteiger partial charge in [-0.05, 0) is 29.4 Å². The van der Waals surface area contributed by atoms with Gasteiger partial charge in [-0.3, -0.25) is 9.59 Å². The predicted molar refractivity (Wildman–Crippen MR) is 95.8 cm³/mol. The van der Waals surface area contributed by atoms with E-state index in [1.165, 1.54) is 23.6 Å². The molecule has 3 rings (SSSR count). The maximum atomic E-state index is 12.6. The van der Waals surface area contributed by atoms with E-state index in [4.69, 9.17) is 0 Å². The van der Waals surface area contributed by atoms with E-state index in [9.17, 15) is 19.5 Å². The van der Waals surface area contributed by atoms with Crippen molar-refractivity contribution in [2.75, 3.05) is 11.5 Å². The summed E-state index contributed by atoms with van der Waals surface area (Å²) in [6.07, 6.45) is 3.97. The van der Waals surface area contributed by atoms with E-state index in [1.54, 1.807) is 6.20 Å². The summed E-state index contributed by atoms with van der Waals surface area (Å²) < 4.78 is 0. The van der Waals surface area contributed by atoms with Gasteiger partial charge in [-0.1, -0.05) is 24.3 Å². The number of nitrogens with zero attached hydrogens (tertiary/aromatic N) is 1. The van der Waals surface area contributed by atoms with Crippen LogP contribution in [0.1, 0.15) is 36.9 Å². The van der Waals surface area contributed by atoms with Gasteiger partial charge in [-0.2, -0.15) is 11.8 Å². The van der Waals surface area contributed by atoms with Crippen molar-refractivity contribution in [1.29, 1.82) is 0 Å². The van der Waals surface area contributed by atoms with Crippen LogP contribution < -0.4 is 5.32 Å². The van der Waals surface area contributed by atoms with Gasteiger partial charge in [-0.25, -0.2) is 4.79 Å². The molecule has 2 unspecified atom stereocenters. The highest BCUT2D eigenvalue weighted by atomic mass is 32.2. The van der Waals surface area contributed by atoms with Gasteiger partial charge in [-0.15, -0.1) is 0 Å². The highest BCUT2D eigenvalue weighted by molar-refractivity contribution is 7.99. The van der Waals surface area contributed by atoms with E-state index in [0.29, 0.717) is 17.9 Å². The van der Waals surface area contributed by atoms with Crippen molar-refractivity contribution in [3.05, 3.63) is 41.6 Å². The zero-order valence-electron chi connectivity index (χ0n) is 13.9. The fraction of sp³-hybridized carbons (Fsp3) is 0.389. The third-order valence-corrected chi connectivity index (χ3v) is 5.85. The van der Waals surface area contributed by atoms with Crippen LogP contribution in [0.2, 0.25) is 0 Å². The van der Waals surface area contributed by atoms with Crippen LogP contribution in [-0.2, 0) is 14.4 Å². The molecule has 2 N–H and O–H groups in total. The van der Waals surface area contributed by atoms with Gasteiger partial charge < -0.3 is 15.3 Å². The molecule has 0 aliphatic carbocycles. The molecule has 0 bridgehead atoms. The summed E-state index contributed by atoms with van der Waals surface area (Å²) in [5.74, 6) is -0.440. The Morgan fingerprint density at radius 1 is 1.36 bits per heavy atom. The highest BCUT2D eigenvalue weighted by Crippen LogP contribution is 2.34. The number of aliphatic carboxylic acids is 1. The molecule has 1 fully saturated rings. The molecule has 0 saturated carbocycles. The molecule has 2 aliphatic heterocycles. The van der Waals surface area contributed by atoms with E-state index in [2.05, 4.69) is 5.32 Å². The lowest BCUT2D eigenvalue weighted by Gasteiger charge is -2.33. The lowest BCUT2D eigenvalue weighted by molar-refractivity contribution is -0.146. The Bertz CT molecular complexity index is 740. The number of benzene rings is 1. The number of amides is 2. The molecule has 7 heteroatoms. The van der Waals surface area contributed by atoms with Crippen LogP contribution in [0, 0.1) is 0 Å². The molecule has 2 aliphatic rings. The van der Waals surface area contributed by atoms with E-state index in [-0.39, 0.29) is 18.2 Å². The summed E-state index contributed by atoms with van der Waals surface area (Å²) in [7, 11) is 0. The molecule has 1 aromatic carbocycles. The van der Waals surface area contributed by atoms with E-state index in [0.717, 1.165) is 11.1 Å². The summed E-state index contributed by atoms with van der Waals surface area (Å²) >= 11 is 1.52. The van der Waals surface area contributed by atoms with Crippen molar-refractivity contribution in [2.45, 2.75) is 31.3 Å². The summed E-state index contributed by atoms with van der Waals surface area (Å²) in [4.78, 5) is 37.7. The zero-order chi connectivity index (χ0) is 18.0. The minimum atomic E-state index is -1.20. The van der Waals surface area contributed by atoms with E-state index >= 15 is 0 Å². The number of hydrogen-bond acceptors (Lipinski definition) is 4. The lowest BCUT2D eigenvalue weighted by Crippen LogP contribution is -2.55. The van der Waals surface area contributed by atoms with Crippen molar-refractivity contribution in [1.82, 2.24) is 10.2 Å². The maximum Gasteiger partial charge on any atom is 0.330 e. The number of carbonyl (C=O) groups excluding carboxylic acids is 2. The largest absolute Gasteiger partial charge is 0.479 e. The first kappa shape index (κ1) is 17.5. The van der Waals surface area contributed by atoms with Crippen LogP contribution in [0.15, 0.2) is 30.5 Å². The molecule has 6 nitrogen and oxygen atoms in total. The van der Waals surface area contributed by atoms with Gasteiger partial charge in [0.05, 0.1) is 12.5 Å². The molecule has 2 amide bonds. The number of hydrogen-bond donors (Lipinski definition) is 2. The first-order chi connectivity index (χ1) is 11.9. The molecule has 1 saturated heterocycles. The van der Waals surface area contributed by atoms with Crippen LogP contribution >= 0.6 is 11.8 Å². The minimum absolute atomic E-state index is 0.0284. The standard InChI is InChI=1S/C18H20N2O4S/c1-12(21)20-8-6-13-4-2-3-5-14(13)15(20)10-16(22)19-18(17(23)24)7-9-25-11-18/h2-6,8,15H,7,9-11H2,1H3,(H,19,22)(H,23,24). The molecule has 25 heavy (non-hydrogen) atoms. The molecule has 132 valence electrons. The minimum Gasteiger partial charge on any atom is -0.479 e. The van der Waals surface area contributed by atoms with Crippen LogP contribution in [-0.4, -0.2) is 44.8 Å². The molecular formula is C18H20N2O4S. The second-order valence-corrected chi connectivity index (χ2v) is 7.43. The molecule has 0 aromatic heterocycles. The Morgan fingerprint density at radius 2 is 2.12 bits per heavy atom. The number of nitrogens with one attached hydrogen (secondary N) is 1. The third-order valence-electron chi connectivity index (χ3n) is 4.66. The second kappa shape index (κ2) is 6.92. The number of rotatable bonds is 4. The van der Waals surface area contributed by atoms with Crippen LogP contribution in [0.4, 0.5) is 0 Å². The molecular weight excluding hydrogens is 340 g/mol. The molecule has 0 radical (unpaired) electrons. The summed E-state index contributed by atoms with van der Waals surface area (Å²) in [5.41, 5.74) is 0.648. The topological polar surface area (TPSA) is 86.7 Å². The van der Waals surface area contributed by atoms with Gasteiger partial charge in [0.25, 0.3) is 0 Å². The smallest absolute Gasteiger partial charge is 0.330 e. The Morgan fingerprint density at radius 3 is 2.76 bits per heavy atom. The van der Waals surface area contributed by atoms with Crippen molar-refractivity contribution in [3.63, 3.8) is 0 Å². The van der Waals surface area contributed by atoms with Crippen molar-refractivity contribution in [2.24, 2.45) is 0 Å².